The van der Waals surface area contributed by atoms with Gasteiger partial charge < -0.3 is 5.32 Å². The fraction of sp³-hybridized carbons (Fsp3) is 0.0714. The second-order valence-electron chi connectivity index (χ2n) is 3.65. The van der Waals surface area contributed by atoms with E-state index < -0.39 is 5.82 Å². The highest BCUT2D eigenvalue weighted by atomic mass is 32.2. The summed E-state index contributed by atoms with van der Waals surface area (Å²) in [5, 5.41) is 4.48. The smallest absolute Gasteiger partial charge is 0.256 e. The second-order valence-corrected chi connectivity index (χ2v) is 5.67. The highest BCUT2D eigenvalue weighted by molar-refractivity contribution is 8.00. The Morgan fingerprint density at radius 1 is 1.47 bits per heavy atom. The molecule has 1 aromatic carbocycles. The predicted octanol–water partition coefficient (Wildman–Crippen LogP) is 3.84. The summed E-state index contributed by atoms with van der Waals surface area (Å²) < 4.78 is 14.3. The molecular formula is C14H10FNOS2. The molecule has 0 aliphatic carbocycles. The molecule has 2 aromatic rings. The Labute approximate surface area is 119 Å². The Bertz CT molecular complexity index is 658. The summed E-state index contributed by atoms with van der Waals surface area (Å²) in [4.78, 5) is 12.0. The summed E-state index contributed by atoms with van der Waals surface area (Å²) in [5.74, 6) is 1.53. The lowest BCUT2D eigenvalue weighted by atomic mass is 10.2. The van der Waals surface area contributed by atoms with E-state index in [9.17, 15) is 9.18 Å². The Hall–Kier alpha value is -1.77. The summed E-state index contributed by atoms with van der Waals surface area (Å²) in [7, 11) is 0. The van der Waals surface area contributed by atoms with Gasteiger partial charge in [0.15, 0.2) is 0 Å². The molecule has 0 atom stereocenters. The molecule has 0 aliphatic heterocycles. The molecule has 2 rings (SSSR count). The second kappa shape index (κ2) is 5.91. The average molecular weight is 291 g/mol. The van der Waals surface area contributed by atoms with Crippen molar-refractivity contribution < 1.29 is 9.18 Å². The van der Waals surface area contributed by atoms with Crippen LogP contribution in [-0.2, 0) is 0 Å². The van der Waals surface area contributed by atoms with Crippen molar-refractivity contribution in [1.82, 2.24) is 0 Å². The maximum atomic E-state index is 13.2. The number of nitrogens with one attached hydrogen (secondary N) is 1. The molecule has 0 bridgehead atoms. The van der Waals surface area contributed by atoms with E-state index in [1.165, 1.54) is 29.5 Å². The largest absolute Gasteiger partial charge is 0.322 e. The minimum Gasteiger partial charge on any atom is -0.322 e. The van der Waals surface area contributed by atoms with Crippen molar-refractivity contribution in [2.45, 2.75) is 4.21 Å². The fourth-order valence-corrected chi connectivity index (χ4v) is 2.85. The highest BCUT2D eigenvalue weighted by Gasteiger charge is 2.10. The molecule has 0 fully saturated rings. The first-order chi connectivity index (χ1) is 9.13. The van der Waals surface area contributed by atoms with Crippen LogP contribution in [0, 0.1) is 18.2 Å². The first-order valence-corrected chi connectivity index (χ1v) is 7.44. The zero-order chi connectivity index (χ0) is 13.8. The molecule has 0 unspecified atom stereocenters. The predicted molar refractivity (Wildman–Crippen MR) is 78.4 cm³/mol. The van der Waals surface area contributed by atoms with E-state index >= 15 is 0 Å². The van der Waals surface area contributed by atoms with E-state index in [2.05, 4.69) is 11.2 Å². The molecule has 96 valence electrons. The topological polar surface area (TPSA) is 29.1 Å². The van der Waals surface area contributed by atoms with Crippen molar-refractivity contribution in [1.29, 1.82) is 0 Å². The minimum absolute atomic E-state index is 0.132. The van der Waals surface area contributed by atoms with Crippen molar-refractivity contribution in [2.24, 2.45) is 0 Å². The summed E-state index contributed by atoms with van der Waals surface area (Å²) in [5.41, 5.74) is 1.20. The molecule has 0 radical (unpaired) electrons. The molecule has 19 heavy (non-hydrogen) atoms. The molecule has 1 aromatic heterocycles. The molecule has 1 N–H and O–H groups in total. The minimum atomic E-state index is -0.472. The normalized spacial score (nSPS) is 9.95. The lowest BCUT2D eigenvalue weighted by Gasteiger charge is -2.04. The van der Waals surface area contributed by atoms with Gasteiger partial charge in [-0.3, -0.25) is 4.79 Å². The first-order valence-electron chi connectivity index (χ1n) is 5.34. The molecule has 2 nitrogen and oxygen atoms in total. The van der Waals surface area contributed by atoms with Gasteiger partial charge in [-0.25, -0.2) is 4.39 Å². The number of benzene rings is 1. The molecule has 0 aliphatic rings. The standard InChI is InChI=1S/C14H10FNOS2/c1-3-9-6-11(4-5-12(9)15)16-14(17)10-7-13(18-2)19-8-10/h1,4-8H,2H3,(H,16,17). The molecule has 5 heteroatoms. The van der Waals surface area contributed by atoms with Crippen LogP contribution in [0.5, 0.6) is 0 Å². The van der Waals surface area contributed by atoms with Crippen molar-refractivity contribution in [3.63, 3.8) is 0 Å². The fourth-order valence-electron chi connectivity index (χ4n) is 1.46. The van der Waals surface area contributed by atoms with E-state index in [4.69, 9.17) is 6.42 Å². The van der Waals surface area contributed by atoms with Crippen molar-refractivity contribution in [3.8, 4) is 12.3 Å². The number of halogens is 1. The third-order valence-electron chi connectivity index (χ3n) is 2.42. The van der Waals surface area contributed by atoms with Gasteiger partial charge >= 0.3 is 0 Å². The van der Waals surface area contributed by atoms with Gasteiger partial charge in [-0.15, -0.1) is 29.5 Å². The van der Waals surface area contributed by atoms with Gasteiger partial charge in [0.2, 0.25) is 0 Å². The van der Waals surface area contributed by atoms with Crippen LogP contribution in [-0.4, -0.2) is 12.2 Å². The molecule has 1 amide bonds. The summed E-state index contributed by atoms with van der Waals surface area (Å²) in [6.07, 6.45) is 7.13. The number of hydrogen-bond donors (Lipinski definition) is 1. The number of carbonyl (C=O) groups excluding carboxylic acids is 1. The number of anilines is 1. The zero-order valence-electron chi connectivity index (χ0n) is 10.1. The Morgan fingerprint density at radius 3 is 2.89 bits per heavy atom. The third kappa shape index (κ3) is 3.16. The van der Waals surface area contributed by atoms with Gasteiger partial charge in [-0.2, -0.15) is 0 Å². The lowest BCUT2D eigenvalue weighted by Crippen LogP contribution is -2.11. The van der Waals surface area contributed by atoms with Crippen molar-refractivity contribution >= 4 is 34.7 Å². The number of thioether (sulfide) groups is 1. The van der Waals surface area contributed by atoms with Crippen LogP contribution in [0.4, 0.5) is 10.1 Å². The van der Waals surface area contributed by atoms with Crippen molar-refractivity contribution in [2.75, 3.05) is 11.6 Å². The highest BCUT2D eigenvalue weighted by Crippen LogP contribution is 2.24. The van der Waals surface area contributed by atoms with Crippen LogP contribution >= 0.6 is 23.1 Å². The first kappa shape index (κ1) is 13.7. The van der Waals surface area contributed by atoms with Crippen LogP contribution in [0.1, 0.15) is 15.9 Å². The van der Waals surface area contributed by atoms with Gasteiger partial charge in [-0.1, -0.05) is 5.92 Å². The number of rotatable bonds is 3. The Balaban J connectivity index is 2.17. The lowest BCUT2D eigenvalue weighted by molar-refractivity contribution is 0.102. The SMILES string of the molecule is C#Cc1cc(NC(=O)c2csc(SC)c2)ccc1F. The third-order valence-corrected chi connectivity index (χ3v) is 4.45. The van der Waals surface area contributed by atoms with Crippen LogP contribution < -0.4 is 5.32 Å². The maximum Gasteiger partial charge on any atom is 0.256 e. The van der Waals surface area contributed by atoms with Gasteiger partial charge in [0.25, 0.3) is 5.91 Å². The van der Waals surface area contributed by atoms with E-state index in [0.29, 0.717) is 11.3 Å². The number of carbonyl (C=O) groups is 1. The summed E-state index contributed by atoms with van der Waals surface area (Å²) in [6.45, 7) is 0. The van der Waals surface area contributed by atoms with Crippen LogP contribution in [0.3, 0.4) is 0 Å². The van der Waals surface area contributed by atoms with E-state index in [1.807, 2.05) is 12.3 Å². The summed E-state index contributed by atoms with van der Waals surface area (Å²) in [6, 6.07) is 5.98. The molecular weight excluding hydrogens is 281 g/mol. The molecule has 0 saturated carbocycles. The van der Waals surface area contributed by atoms with E-state index in [0.717, 1.165) is 4.21 Å². The maximum absolute atomic E-state index is 13.2. The van der Waals surface area contributed by atoms with Crippen molar-refractivity contribution in [3.05, 3.63) is 46.6 Å². The van der Waals surface area contributed by atoms with Gasteiger partial charge in [0, 0.05) is 11.1 Å². The number of amides is 1. The Morgan fingerprint density at radius 2 is 2.26 bits per heavy atom. The Kier molecular flexibility index (Phi) is 4.25. The molecule has 1 heterocycles. The molecule has 0 saturated heterocycles. The number of terminal acetylenes is 1. The van der Waals surface area contributed by atoms with Gasteiger partial charge in [-0.05, 0) is 30.5 Å². The molecule has 0 spiro atoms. The monoisotopic (exact) mass is 291 g/mol. The van der Waals surface area contributed by atoms with Gasteiger partial charge in [0.1, 0.15) is 5.82 Å². The quantitative estimate of drug-likeness (QED) is 0.687. The number of hydrogen-bond acceptors (Lipinski definition) is 3. The van der Waals surface area contributed by atoms with Crippen LogP contribution in [0.15, 0.2) is 33.9 Å². The van der Waals surface area contributed by atoms with Gasteiger partial charge in [0.05, 0.1) is 15.3 Å². The average Bonchev–Trinajstić information content (AvgIpc) is 2.90. The van der Waals surface area contributed by atoms with E-state index in [-0.39, 0.29) is 11.5 Å². The summed E-state index contributed by atoms with van der Waals surface area (Å²) >= 11 is 3.09. The zero-order valence-corrected chi connectivity index (χ0v) is 11.7. The van der Waals surface area contributed by atoms with Crippen LogP contribution in [0.2, 0.25) is 0 Å². The van der Waals surface area contributed by atoms with Crippen LogP contribution in [0.25, 0.3) is 0 Å². The van der Waals surface area contributed by atoms with E-state index in [1.54, 1.807) is 17.1 Å². The number of thiophene rings is 1.